The van der Waals surface area contributed by atoms with Crippen molar-refractivity contribution in [3.63, 3.8) is 0 Å². The van der Waals surface area contributed by atoms with Gasteiger partial charge in [0.15, 0.2) is 0 Å². The molecule has 6 heteroatoms. The quantitative estimate of drug-likeness (QED) is 0.309. The van der Waals surface area contributed by atoms with E-state index < -0.39 is 0 Å². The highest BCUT2D eigenvalue weighted by molar-refractivity contribution is 5.79. The first-order valence-electron chi connectivity index (χ1n) is 5.87. The minimum atomic E-state index is 0.00120. The van der Waals surface area contributed by atoms with Crippen LogP contribution in [0.3, 0.4) is 0 Å². The van der Waals surface area contributed by atoms with Gasteiger partial charge in [-0.25, -0.2) is 10.8 Å². The number of hydrazine groups is 1. The molecule has 18 heavy (non-hydrogen) atoms. The largest absolute Gasteiger partial charge is 0.383 e. The predicted octanol–water partition coefficient (Wildman–Crippen LogP) is 0.586. The van der Waals surface area contributed by atoms with E-state index in [1.807, 2.05) is 26.0 Å². The molecule has 0 fully saturated rings. The molecular formula is C12H21N5O. The number of guanidine groups is 1. The van der Waals surface area contributed by atoms with E-state index in [4.69, 9.17) is 10.6 Å². The number of hydrogen-bond acceptors (Lipinski definition) is 4. The lowest BCUT2D eigenvalue weighted by atomic mass is 10.1. The zero-order valence-electron chi connectivity index (χ0n) is 11.1. The van der Waals surface area contributed by atoms with Gasteiger partial charge >= 0.3 is 0 Å². The second kappa shape index (κ2) is 7.62. The fourth-order valence-electron chi connectivity index (χ4n) is 1.55. The first kappa shape index (κ1) is 14.4. The van der Waals surface area contributed by atoms with Crippen LogP contribution in [0.1, 0.15) is 25.5 Å². The summed E-state index contributed by atoms with van der Waals surface area (Å²) in [6, 6.07) is 4.00. The number of nitrogens with zero attached hydrogens (tertiary/aromatic N) is 2. The fourth-order valence-corrected chi connectivity index (χ4v) is 1.55. The molecule has 0 amide bonds. The van der Waals surface area contributed by atoms with Crippen LogP contribution in [0.15, 0.2) is 29.5 Å². The second-order valence-electron chi connectivity index (χ2n) is 4.08. The van der Waals surface area contributed by atoms with Gasteiger partial charge in [0.05, 0.1) is 12.6 Å². The molecule has 0 spiro atoms. The summed E-state index contributed by atoms with van der Waals surface area (Å²) in [5, 5.41) is 3.14. The van der Waals surface area contributed by atoms with Gasteiger partial charge < -0.3 is 10.1 Å². The summed E-state index contributed by atoms with van der Waals surface area (Å²) in [4.78, 5) is 8.45. The standard InChI is InChI=1S/C12H21N5O/c1-9(8-18-3)15-12(17-13)16-10(2)11-4-6-14-7-5-11/h4-7,9-10H,8,13H2,1-3H3,(H2,15,16,17). The minimum Gasteiger partial charge on any atom is -0.383 e. The van der Waals surface area contributed by atoms with Crippen molar-refractivity contribution in [2.75, 3.05) is 13.7 Å². The molecule has 0 aliphatic heterocycles. The van der Waals surface area contributed by atoms with E-state index in [1.54, 1.807) is 19.5 Å². The second-order valence-corrected chi connectivity index (χ2v) is 4.08. The number of nitrogens with two attached hydrogens (primary N) is 1. The van der Waals surface area contributed by atoms with E-state index in [-0.39, 0.29) is 12.1 Å². The van der Waals surface area contributed by atoms with Gasteiger partial charge in [-0.3, -0.25) is 10.4 Å². The molecule has 2 atom stereocenters. The number of methoxy groups -OCH3 is 1. The molecule has 2 unspecified atom stereocenters. The minimum absolute atomic E-state index is 0.00120. The molecule has 1 aromatic rings. The Morgan fingerprint density at radius 2 is 2.11 bits per heavy atom. The molecule has 4 N–H and O–H groups in total. The summed E-state index contributed by atoms with van der Waals surface area (Å²) < 4.78 is 5.04. The Bertz CT molecular complexity index is 368. The van der Waals surface area contributed by atoms with Crippen molar-refractivity contribution in [3.8, 4) is 0 Å². The van der Waals surface area contributed by atoms with Crippen LogP contribution in [-0.2, 0) is 4.74 Å². The van der Waals surface area contributed by atoms with E-state index in [0.29, 0.717) is 12.6 Å². The first-order chi connectivity index (χ1) is 8.67. The van der Waals surface area contributed by atoms with E-state index >= 15 is 0 Å². The smallest absolute Gasteiger partial charge is 0.206 e. The van der Waals surface area contributed by atoms with Crippen molar-refractivity contribution < 1.29 is 4.74 Å². The molecule has 100 valence electrons. The highest BCUT2D eigenvalue weighted by Gasteiger charge is 2.07. The molecule has 0 aliphatic carbocycles. The van der Waals surface area contributed by atoms with Crippen molar-refractivity contribution in [2.24, 2.45) is 10.8 Å². The molecular weight excluding hydrogens is 230 g/mol. The molecule has 0 radical (unpaired) electrons. The van der Waals surface area contributed by atoms with Crippen LogP contribution in [0, 0.1) is 0 Å². The lowest BCUT2D eigenvalue weighted by Gasteiger charge is -2.17. The van der Waals surface area contributed by atoms with Crippen LogP contribution < -0.4 is 16.6 Å². The van der Waals surface area contributed by atoms with E-state index in [9.17, 15) is 0 Å². The number of aromatic nitrogens is 1. The monoisotopic (exact) mass is 251 g/mol. The molecule has 6 nitrogen and oxygen atoms in total. The first-order valence-corrected chi connectivity index (χ1v) is 5.87. The number of rotatable bonds is 5. The summed E-state index contributed by atoms with van der Waals surface area (Å²) in [5.74, 6) is 5.99. The van der Waals surface area contributed by atoms with Crippen molar-refractivity contribution >= 4 is 5.96 Å². The topological polar surface area (TPSA) is 84.6 Å². The van der Waals surface area contributed by atoms with Crippen LogP contribution in [0.25, 0.3) is 0 Å². The number of nitrogens with one attached hydrogen (secondary N) is 2. The van der Waals surface area contributed by atoms with Crippen LogP contribution in [0.4, 0.5) is 0 Å². The summed E-state index contributed by atoms with van der Waals surface area (Å²) in [5.41, 5.74) is 3.64. The predicted molar refractivity (Wildman–Crippen MR) is 71.9 cm³/mol. The summed E-state index contributed by atoms with van der Waals surface area (Å²) in [7, 11) is 1.66. The fraction of sp³-hybridized carbons (Fsp3) is 0.500. The molecule has 0 aromatic carbocycles. The third-order valence-electron chi connectivity index (χ3n) is 2.45. The van der Waals surface area contributed by atoms with Gasteiger partial charge in [-0.05, 0) is 31.5 Å². The third kappa shape index (κ3) is 4.68. The highest BCUT2D eigenvalue weighted by atomic mass is 16.5. The van der Waals surface area contributed by atoms with Gasteiger partial charge in [-0.15, -0.1) is 0 Å². The van der Waals surface area contributed by atoms with E-state index in [2.05, 4.69) is 20.7 Å². The molecule has 1 rings (SSSR count). The Morgan fingerprint density at radius 3 is 2.67 bits per heavy atom. The van der Waals surface area contributed by atoms with Crippen molar-refractivity contribution in [1.82, 2.24) is 15.7 Å². The lowest BCUT2D eigenvalue weighted by molar-refractivity contribution is 0.179. The average Bonchev–Trinajstić information content (AvgIpc) is 2.39. The van der Waals surface area contributed by atoms with Gasteiger partial charge in [0.1, 0.15) is 0 Å². The van der Waals surface area contributed by atoms with Crippen LogP contribution >= 0.6 is 0 Å². The summed E-state index contributed by atoms with van der Waals surface area (Å²) in [6.07, 6.45) is 3.50. The van der Waals surface area contributed by atoms with Crippen molar-refractivity contribution in [1.29, 1.82) is 0 Å². The maximum absolute atomic E-state index is 5.45. The number of hydrogen-bond donors (Lipinski definition) is 3. The Morgan fingerprint density at radius 1 is 1.44 bits per heavy atom. The Hall–Kier alpha value is -1.66. The molecule has 0 bridgehead atoms. The highest BCUT2D eigenvalue weighted by Crippen LogP contribution is 2.14. The Labute approximate surface area is 108 Å². The summed E-state index contributed by atoms with van der Waals surface area (Å²) >= 11 is 0. The molecule has 0 aliphatic rings. The van der Waals surface area contributed by atoms with Gasteiger partial charge in [-0.1, -0.05) is 0 Å². The SMILES string of the molecule is COCC(C)NC(=NC(C)c1ccncc1)NN. The molecule has 1 heterocycles. The van der Waals surface area contributed by atoms with E-state index in [1.165, 1.54) is 0 Å². The van der Waals surface area contributed by atoms with Crippen LogP contribution in [-0.4, -0.2) is 30.7 Å². The normalized spacial score (nSPS) is 15.0. The maximum Gasteiger partial charge on any atom is 0.206 e. The van der Waals surface area contributed by atoms with Gasteiger partial charge in [0.25, 0.3) is 0 Å². The number of aliphatic imine (C=N–C) groups is 1. The van der Waals surface area contributed by atoms with Crippen LogP contribution in [0.5, 0.6) is 0 Å². The maximum atomic E-state index is 5.45. The third-order valence-corrected chi connectivity index (χ3v) is 2.45. The Kier molecular flexibility index (Phi) is 6.10. The average molecular weight is 251 g/mol. The lowest BCUT2D eigenvalue weighted by Crippen LogP contribution is -2.47. The zero-order valence-corrected chi connectivity index (χ0v) is 11.1. The van der Waals surface area contributed by atoms with Gasteiger partial charge in [-0.2, -0.15) is 0 Å². The van der Waals surface area contributed by atoms with Crippen molar-refractivity contribution in [3.05, 3.63) is 30.1 Å². The number of ether oxygens (including phenoxy) is 1. The van der Waals surface area contributed by atoms with Crippen LogP contribution in [0.2, 0.25) is 0 Å². The zero-order chi connectivity index (χ0) is 13.4. The molecule has 0 saturated heterocycles. The van der Waals surface area contributed by atoms with Gasteiger partial charge in [0, 0.05) is 25.5 Å². The molecule has 1 aromatic heterocycles. The molecule has 0 saturated carbocycles. The van der Waals surface area contributed by atoms with Crippen molar-refractivity contribution in [2.45, 2.75) is 25.9 Å². The number of pyridine rings is 1. The van der Waals surface area contributed by atoms with Gasteiger partial charge in [0.2, 0.25) is 5.96 Å². The Balaban J connectivity index is 2.66. The van der Waals surface area contributed by atoms with E-state index in [0.717, 1.165) is 5.56 Å². The summed E-state index contributed by atoms with van der Waals surface area (Å²) in [6.45, 7) is 4.58.